The van der Waals surface area contributed by atoms with E-state index >= 15 is 0 Å². The lowest BCUT2D eigenvalue weighted by Crippen LogP contribution is -2.45. The Morgan fingerprint density at radius 2 is 1.86 bits per heavy atom. The highest BCUT2D eigenvalue weighted by atomic mass is 32.2. The van der Waals surface area contributed by atoms with Crippen LogP contribution in [0.1, 0.15) is 25.0 Å². The lowest BCUT2D eigenvalue weighted by atomic mass is 10.1. The maximum Gasteiger partial charge on any atom is 0.218 e. The Labute approximate surface area is 168 Å². The van der Waals surface area contributed by atoms with Gasteiger partial charge in [-0.1, -0.05) is 24.3 Å². The quantitative estimate of drug-likeness (QED) is 0.488. The van der Waals surface area contributed by atoms with Crippen molar-refractivity contribution in [2.75, 3.05) is 47.0 Å². The van der Waals surface area contributed by atoms with Gasteiger partial charge in [0.15, 0.2) is 5.96 Å². The molecule has 0 aromatic heterocycles. The Morgan fingerprint density at radius 1 is 1.21 bits per heavy atom. The normalized spacial score (nSPS) is 16.8. The average molecular weight is 413 g/mol. The first-order valence-electron chi connectivity index (χ1n) is 9.39. The van der Waals surface area contributed by atoms with Gasteiger partial charge in [-0.15, -0.1) is 0 Å². The number of nitrogens with one attached hydrogen (secondary N) is 2. The van der Waals surface area contributed by atoms with Crippen LogP contribution in [0.5, 0.6) is 0 Å². The zero-order valence-electron chi connectivity index (χ0n) is 17.2. The third-order valence-corrected chi connectivity index (χ3v) is 6.55. The highest BCUT2D eigenvalue weighted by molar-refractivity contribution is 7.88. The second kappa shape index (κ2) is 10.2. The number of morpholine rings is 1. The molecule has 0 saturated carbocycles. The lowest BCUT2D eigenvalue weighted by Gasteiger charge is -2.26. The molecular formula is C19H32N4O4S. The van der Waals surface area contributed by atoms with Gasteiger partial charge in [0.25, 0.3) is 0 Å². The van der Waals surface area contributed by atoms with Crippen LogP contribution in [0.25, 0.3) is 0 Å². The summed E-state index contributed by atoms with van der Waals surface area (Å²) in [6.07, 6.45) is 0. The molecule has 158 valence electrons. The highest BCUT2D eigenvalue weighted by Gasteiger charge is 2.25. The standard InChI is InChI=1S/C19H32N4O4S/c1-19(2,26-4)15-22-18(20-3)21-13-16-7-5-6-8-17(16)14-28(24,25)23-9-11-27-12-10-23/h5-8H,9-15H2,1-4H3,(H2,20,21,22). The van der Waals surface area contributed by atoms with E-state index in [1.807, 2.05) is 38.1 Å². The fraction of sp³-hybridized carbons (Fsp3) is 0.632. The summed E-state index contributed by atoms with van der Waals surface area (Å²) in [4.78, 5) is 4.22. The van der Waals surface area contributed by atoms with Gasteiger partial charge in [-0.05, 0) is 25.0 Å². The molecule has 28 heavy (non-hydrogen) atoms. The van der Waals surface area contributed by atoms with Crippen LogP contribution in [0.3, 0.4) is 0 Å². The summed E-state index contributed by atoms with van der Waals surface area (Å²) >= 11 is 0. The van der Waals surface area contributed by atoms with Crippen molar-refractivity contribution in [3.63, 3.8) is 0 Å². The molecule has 1 heterocycles. The summed E-state index contributed by atoms with van der Waals surface area (Å²) in [5, 5.41) is 6.47. The molecule has 1 aromatic carbocycles. The van der Waals surface area contributed by atoms with Gasteiger partial charge in [-0.3, -0.25) is 4.99 Å². The van der Waals surface area contributed by atoms with E-state index in [2.05, 4.69) is 15.6 Å². The molecular weight excluding hydrogens is 380 g/mol. The number of ether oxygens (including phenoxy) is 2. The zero-order valence-corrected chi connectivity index (χ0v) is 18.0. The fourth-order valence-corrected chi connectivity index (χ4v) is 4.31. The largest absolute Gasteiger partial charge is 0.379 e. The van der Waals surface area contributed by atoms with Crippen LogP contribution < -0.4 is 10.6 Å². The molecule has 2 N–H and O–H groups in total. The smallest absolute Gasteiger partial charge is 0.218 e. The van der Waals surface area contributed by atoms with Crippen LogP contribution in [0, 0.1) is 0 Å². The van der Waals surface area contributed by atoms with Gasteiger partial charge < -0.3 is 20.1 Å². The number of sulfonamides is 1. The molecule has 0 unspecified atom stereocenters. The van der Waals surface area contributed by atoms with Crippen molar-refractivity contribution in [3.05, 3.63) is 35.4 Å². The van der Waals surface area contributed by atoms with Gasteiger partial charge in [0.1, 0.15) is 0 Å². The van der Waals surface area contributed by atoms with E-state index in [9.17, 15) is 8.42 Å². The number of rotatable bonds is 8. The molecule has 1 aliphatic rings. The van der Waals surface area contributed by atoms with Crippen LogP contribution in [0.4, 0.5) is 0 Å². The van der Waals surface area contributed by atoms with Crippen molar-refractivity contribution in [1.29, 1.82) is 0 Å². The van der Waals surface area contributed by atoms with E-state index in [4.69, 9.17) is 9.47 Å². The first-order valence-corrected chi connectivity index (χ1v) is 11.0. The Bertz CT molecular complexity index is 759. The first kappa shape index (κ1) is 22.6. The van der Waals surface area contributed by atoms with Crippen molar-refractivity contribution in [2.24, 2.45) is 4.99 Å². The molecule has 1 aliphatic heterocycles. The Balaban J connectivity index is 2.01. The summed E-state index contributed by atoms with van der Waals surface area (Å²) in [7, 11) is -0.00482. The average Bonchev–Trinajstić information content (AvgIpc) is 2.69. The van der Waals surface area contributed by atoms with Crippen molar-refractivity contribution in [1.82, 2.24) is 14.9 Å². The number of nitrogens with zero attached hydrogens (tertiary/aromatic N) is 2. The second-order valence-corrected chi connectivity index (χ2v) is 9.25. The summed E-state index contributed by atoms with van der Waals surface area (Å²) in [6, 6.07) is 7.57. The SMILES string of the molecule is CN=C(NCc1ccccc1CS(=O)(=O)N1CCOCC1)NCC(C)(C)OC. The second-order valence-electron chi connectivity index (χ2n) is 7.28. The minimum absolute atomic E-state index is 0.0202. The molecule has 1 saturated heterocycles. The Hall–Kier alpha value is -1.68. The molecule has 0 amide bonds. The van der Waals surface area contributed by atoms with E-state index in [-0.39, 0.29) is 11.4 Å². The zero-order chi connectivity index (χ0) is 20.6. The van der Waals surface area contributed by atoms with Crippen molar-refractivity contribution < 1.29 is 17.9 Å². The summed E-state index contributed by atoms with van der Waals surface area (Å²) in [6.45, 7) is 6.75. The van der Waals surface area contributed by atoms with Crippen LogP contribution in [0.2, 0.25) is 0 Å². The van der Waals surface area contributed by atoms with E-state index in [0.29, 0.717) is 45.4 Å². The predicted molar refractivity (Wildman–Crippen MR) is 111 cm³/mol. The number of hydrogen-bond acceptors (Lipinski definition) is 5. The van der Waals surface area contributed by atoms with Crippen molar-refractivity contribution >= 4 is 16.0 Å². The summed E-state index contributed by atoms with van der Waals surface area (Å²) < 4.78 is 37.7. The van der Waals surface area contributed by atoms with Crippen LogP contribution >= 0.6 is 0 Å². The van der Waals surface area contributed by atoms with Crippen LogP contribution in [-0.2, 0) is 31.8 Å². The molecule has 0 atom stereocenters. The molecule has 8 nitrogen and oxygen atoms in total. The van der Waals surface area contributed by atoms with Gasteiger partial charge in [-0.25, -0.2) is 8.42 Å². The summed E-state index contributed by atoms with van der Waals surface area (Å²) in [5.74, 6) is 0.615. The van der Waals surface area contributed by atoms with Crippen LogP contribution in [-0.4, -0.2) is 71.3 Å². The van der Waals surface area contributed by atoms with E-state index < -0.39 is 10.0 Å². The van der Waals surface area contributed by atoms with E-state index in [1.54, 1.807) is 14.2 Å². The predicted octanol–water partition coefficient (Wildman–Crippen LogP) is 0.939. The number of aliphatic imine (C=N–C) groups is 1. The lowest BCUT2D eigenvalue weighted by molar-refractivity contribution is 0.0268. The third-order valence-electron chi connectivity index (χ3n) is 4.72. The maximum absolute atomic E-state index is 12.7. The van der Waals surface area contributed by atoms with Gasteiger partial charge in [0.05, 0.1) is 24.6 Å². The molecule has 0 spiro atoms. The molecule has 0 bridgehead atoms. The maximum atomic E-state index is 12.7. The van der Waals surface area contributed by atoms with E-state index in [0.717, 1.165) is 11.1 Å². The minimum atomic E-state index is -3.37. The number of benzene rings is 1. The molecule has 2 rings (SSSR count). The Kier molecular flexibility index (Phi) is 8.23. The molecule has 1 fully saturated rings. The third kappa shape index (κ3) is 6.73. The van der Waals surface area contributed by atoms with Crippen molar-refractivity contribution in [3.8, 4) is 0 Å². The highest BCUT2D eigenvalue weighted by Crippen LogP contribution is 2.16. The van der Waals surface area contributed by atoms with Gasteiger partial charge >= 0.3 is 0 Å². The number of guanidine groups is 1. The first-order chi connectivity index (χ1) is 13.3. The molecule has 0 aliphatic carbocycles. The summed E-state index contributed by atoms with van der Waals surface area (Å²) in [5.41, 5.74) is 1.39. The van der Waals surface area contributed by atoms with Gasteiger partial charge in [0, 0.05) is 40.3 Å². The van der Waals surface area contributed by atoms with Crippen molar-refractivity contribution in [2.45, 2.75) is 31.7 Å². The monoisotopic (exact) mass is 412 g/mol. The van der Waals surface area contributed by atoms with Crippen LogP contribution in [0.15, 0.2) is 29.3 Å². The number of methoxy groups -OCH3 is 1. The molecule has 9 heteroatoms. The number of hydrogen-bond donors (Lipinski definition) is 2. The molecule has 1 aromatic rings. The van der Waals surface area contributed by atoms with E-state index in [1.165, 1.54) is 4.31 Å². The molecule has 0 radical (unpaired) electrons. The van der Waals surface area contributed by atoms with Gasteiger partial charge in [-0.2, -0.15) is 4.31 Å². The fourth-order valence-electron chi connectivity index (χ4n) is 2.75. The minimum Gasteiger partial charge on any atom is -0.379 e. The topological polar surface area (TPSA) is 92.3 Å². The Morgan fingerprint density at radius 3 is 2.46 bits per heavy atom. The van der Waals surface area contributed by atoms with Gasteiger partial charge in [0.2, 0.25) is 10.0 Å².